The Morgan fingerprint density at radius 2 is 2.04 bits per heavy atom. The summed E-state index contributed by atoms with van der Waals surface area (Å²) in [7, 11) is 1.42. The van der Waals surface area contributed by atoms with E-state index >= 15 is 0 Å². The number of ether oxygens (including phenoxy) is 1. The van der Waals surface area contributed by atoms with Crippen LogP contribution in [0.4, 0.5) is 15.8 Å². The second-order valence-corrected chi connectivity index (χ2v) is 6.83. The monoisotopic (exact) mass is 390 g/mol. The van der Waals surface area contributed by atoms with Gasteiger partial charge in [-0.05, 0) is 24.3 Å². The number of amides is 1. The number of halogens is 1. The largest absolute Gasteiger partial charge is 0.496 e. The Bertz CT molecular complexity index is 962. The van der Waals surface area contributed by atoms with Gasteiger partial charge in [-0.2, -0.15) is 0 Å². The molecule has 9 heteroatoms. The summed E-state index contributed by atoms with van der Waals surface area (Å²) in [4.78, 5) is 24.5. The zero-order chi connectivity index (χ0) is 18.8. The summed E-state index contributed by atoms with van der Waals surface area (Å²) in [6, 6.07) is 9.86. The second kappa shape index (κ2) is 7.22. The number of nitro benzene ring substituents is 1. The minimum Gasteiger partial charge on any atom is -0.496 e. The molecule has 1 saturated heterocycles. The maximum atomic E-state index is 14.0. The number of methoxy groups -OCH3 is 1. The molecule has 0 bridgehead atoms. The van der Waals surface area contributed by atoms with Gasteiger partial charge in [-0.3, -0.25) is 19.8 Å². The highest BCUT2D eigenvalue weighted by Gasteiger charge is 2.35. The van der Waals surface area contributed by atoms with Crippen molar-refractivity contribution in [2.24, 2.45) is 0 Å². The number of thioether (sulfide) groups is 1. The van der Waals surface area contributed by atoms with Crippen molar-refractivity contribution in [1.82, 2.24) is 0 Å². The molecule has 0 spiro atoms. The van der Waals surface area contributed by atoms with Crippen molar-refractivity contribution in [3.63, 3.8) is 0 Å². The minimum atomic E-state index is -0.571. The molecule has 1 fully saturated rings. The zero-order valence-corrected chi connectivity index (χ0v) is 15.0. The van der Waals surface area contributed by atoms with Gasteiger partial charge in [0.15, 0.2) is 4.32 Å². The molecule has 0 radical (unpaired) electrons. The number of carbonyl (C=O) groups is 1. The van der Waals surface area contributed by atoms with E-state index in [1.54, 1.807) is 6.07 Å². The fraction of sp³-hybridized carbons (Fsp3) is 0.0588. The first-order valence-corrected chi connectivity index (χ1v) is 8.49. The number of rotatable bonds is 4. The molecule has 0 saturated carbocycles. The first-order chi connectivity index (χ1) is 12.4. The summed E-state index contributed by atoms with van der Waals surface area (Å²) in [5, 5.41) is 11.0. The normalized spacial score (nSPS) is 15.6. The van der Waals surface area contributed by atoms with Crippen molar-refractivity contribution in [3.8, 4) is 5.75 Å². The zero-order valence-electron chi connectivity index (χ0n) is 13.3. The quantitative estimate of drug-likeness (QED) is 0.338. The van der Waals surface area contributed by atoms with Crippen molar-refractivity contribution in [3.05, 3.63) is 68.9 Å². The van der Waals surface area contributed by atoms with Crippen LogP contribution in [-0.4, -0.2) is 22.3 Å². The van der Waals surface area contributed by atoms with E-state index in [9.17, 15) is 19.3 Å². The molecule has 26 heavy (non-hydrogen) atoms. The lowest BCUT2D eigenvalue weighted by molar-refractivity contribution is -0.384. The molecule has 2 aromatic rings. The van der Waals surface area contributed by atoms with Crippen molar-refractivity contribution < 1.29 is 18.8 Å². The molecular weight excluding hydrogens is 379 g/mol. The van der Waals surface area contributed by atoms with E-state index in [1.165, 1.54) is 49.6 Å². The lowest BCUT2D eigenvalue weighted by Gasteiger charge is -2.14. The smallest absolute Gasteiger partial charge is 0.270 e. The number of nitro groups is 1. The van der Waals surface area contributed by atoms with E-state index in [1.807, 2.05) is 0 Å². The third-order valence-electron chi connectivity index (χ3n) is 3.60. The maximum Gasteiger partial charge on any atom is 0.270 e. The first kappa shape index (κ1) is 18.0. The molecule has 1 aliphatic heterocycles. The molecule has 1 aliphatic rings. The summed E-state index contributed by atoms with van der Waals surface area (Å²) in [6.07, 6.45) is 1.45. The summed E-state index contributed by atoms with van der Waals surface area (Å²) < 4.78 is 19.4. The minimum absolute atomic E-state index is 0.0596. The number of hydrogen-bond acceptors (Lipinski definition) is 6. The van der Waals surface area contributed by atoms with E-state index in [-0.39, 0.29) is 20.6 Å². The summed E-state index contributed by atoms with van der Waals surface area (Å²) >= 11 is 6.19. The van der Waals surface area contributed by atoms with Gasteiger partial charge in [0.2, 0.25) is 0 Å². The molecule has 0 aromatic heterocycles. The molecule has 0 unspecified atom stereocenters. The van der Waals surface area contributed by atoms with Crippen molar-refractivity contribution >= 4 is 51.7 Å². The SMILES string of the molecule is COc1ccc([N+](=O)[O-])cc1/C=C1\SC(=S)N(c2ccccc2F)C1=O. The van der Waals surface area contributed by atoms with Crippen LogP contribution >= 0.6 is 24.0 Å². The number of benzene rings is 2. The van der Waals surface area contributed by atoms with Crippen LogP contribution in [0.2, 0.25) is 0 Å². The van der Waals surface area contributed by atoms with Crippen LogP contribution in [0.5, 0.6) is 5.75 Å². The van der Waals surface area contributed by atoms with Crippen LogP contribution < -0.4 is 9.64 Å². The number of para-hydroxylation sites is 1. The van der Waals surface area contributed by atoms with E-state index in [4.69, 9.17) is 17.0 Å². The molecule has 1 amide bonds. The van der Waals surface area contributed by atoms with Gasteiger partial charge in [0.1, 0.15) is 11.6 Å². The van der Waals surface area contributed by atoms with Crippen LogP contribution in [0.1, 0.15) is 5.56 Å². The fourth-order valence-electron chi connectivity index (χ4n) is 2.40. The Balaban J connectivity index is 2.02. The van der Waals surface area contributed by atoms with Crippen LogP contribution in [0.3, 0.4) is 0 Å². The molecule has 3 rings (SSSR count). The average Bonchev–Trinajstić information content (AvgIpc) is 2.89. The lowest BCUT2D eigenvalue weighted by atomic mass is 10.1. The first-order valence-electron chi connectivity index (χ1n) is 7.27. The third kappa shape index (κ3) is 3.31. The van der Waals surface area contributed by atoms with Crippen LogP contribution in [0, 0.1) is 15.9 Å². The van der Waals surface area contributed by atoms with Crippen molar-refractivity contribution in [1.29, 1.82) is 0 Å². The van der Waals surface area contributed by atoms with Crippen LogP contribution in [-0.2, 0) is 4.79 Å². The van der Waals surface area contributed by atoms with Crippen molar-refractivity contribution in [2.75, 3.05) is 12.0 Å². The molecule has 1 heterocycles. The van der Waals surface area contributed by atoms with Crippen LogP contribution in [0.15, 0.2) is 47.4 Å². The summed E-state index contributed by atoms with van der Waals surface area (Å²) in [5.74, 6) is -0.705. The predicted octanol–water partition coefficient (Wildman–Crippen LogP) is 4.15. The van der Waals surface area contributed by atoms with Gasteiger partial charge < -0.3 is 4.74 Å². The third-order valence-corrected chi connectivity index (χ3v) is 4.90. The van der Waals surface area contributed by atoms with Gasteiger partial charge in [0, 0.05) is 17.7 Å². The number of hydrogen-bond donors (Lipinski definition) is 0. The topological polar surface area (TPSA) is 72.7 Å². The number of thiocarbonyl (C=S) groups is 1. The highest BCUT2D eigenvalue weighted by atomic mass is 32.2. The Kier molecular flexibility index (Phi) is 5.01. The fourth-order valence-corrected chi connectivity index (χ4v) is 3.67. The number of nitrogens with zero attached hydrogens (tertiary/aromatic N) is 2. The average molecular weight is 390 g/mol. The van der Waals surface area contributed by atoms with Gasteiger partial charge >= 0.3 is 0 Å². The molecule has 0 atom stereocenters. The Labute approximate surface area is 157 Å². The van der Waals surface area contributed by atoms with Crippen LogP contribution in [0.25, 0.3) is 6.08 Å². The van der Waals surface area contributed by atoms with E-state index in [0.717, 1.165) is 16.7 Å². The maximum absolute atomic E-state index is 14.0. The lowest BCUT2D eigenvalue weighted by Crippen LogP contribution is -2.28. The number of anilines is 1. The number of carbonyl (C=O) groups excluding carboxylic acids is 1. The van der Waals surface area contributed by atoms with E-state index < -0.39 is 16.6 Å². The van der Waals surface area contributed by atoms with E-state index in [0.29, 0.717) is 11.3 Å². The highest BCUT2D eigenvalue weighted by Crippen LogP contribution is 2.38. The molecule has 2 aromatic carbocycles. The highest BCUT2D eigenvalue weighted by molar-refractivity contribution is 8.27. The van der Waals surface area contributed by atoms with Gasteiger partial charge in [-0.1, -0.05) is 36.1 Å². The molecule has 6 nitrogen and oxygen atoms in total. The molecular formula is C17H11FN2O4S2. The van der Waals surface area contributed by atoms with Crippen molar-refractivity contribution in [2.45, 2.75) is 0 Å². The Morgan fingerprint density at radius 3 is 2.69 bits per heavy atom. The second-order valence-electron chi connectivity index (χ2n) is 5.15. The molecule has 0 aliphatic carbocycles. The standard InChI is InChI=1S/C17H11FN2O4S2/c1-24-14-7-6-11(20(22)23)8-10(14)9-15-16(21)19(17(25)26-15)13-5-3-2-4-12(13)18/h2-9H,1H3/b15-9-. The predicted molar refractivity (Wildman–Crippen MR) is 102 cm³/mol. The van der Waals surface area contributed by atoms with Gasteiger partial charge in [-0.15, -0.1) is 0 Å². The molecule has 0 N–H and O–H groups in total. The van der Waals surface area contributed by atoms with Gasteiger partial charge in [0.05, 0.1) is 22.6 Å². The summed E-state index contributed by atoms with van der Waals surface area (Å²) in [6.45, 7) is 0. The van der Waals surface area contributed by atoms with Gasteiger partial charge in [-0.25, -0.2) is 4.39 Å². The Hall–Kier alpha value is -2.78. The van der Waals surface area contributed by atoms with E-state index in [2.05, 4.69) is 0 Å². The van der Waals surface area contributed by atoms with Gasteiger partial charge in [0.25, 0.3) is 11.6 Å². The molecule has 132 valence electrons. The summed E-state index contributed by atoms with van der Waals surface area (Å²) in [5.41, 5.74) is 0.279. The number of non-ortho nitro benzene ring substituents is 1. The Morgan fingerprint density at radius 1 is 1.31 bits per heavy atom.